The molecule has 4 fully saturated rings. The summed E-state index contributed by atoms with van der Waals surface area (Å²) in [5, 5.41) is 11.0. The van der Waals surface area contributed by atoms with E-state index in [0.717, 1.165) is 57.8 Å². The number of carbonyl (C=O) groups excluding carboxylic acids is 1. The van der Waals surface area contributed by atoms with E-state index in [0.29, 0.717) is 41.1 Å². The molecule has 0 spiro atoms. The van der Waals surface area contributed by atoms with Gasteiger partial charge in [-0.1, -0.05) is 13.8 Å². The molecular weight excluding hydrogens is 436 g/mol. The van der Waals surface area contributed by atoms with Gasteiger partial charge in [0.05, 0.1) is 18.0 Å². The first-order chi connectivity index (χ1) is 14.4. The molecule has 0 bridgehead atoms. The van der Waals surface area contributed by atoms with Crippen LogP contribution in [0.25, 0.3) is 0 Å². The summed E-state index contributed by atoms with van der Waals surface area (Å²) in [6, 6.07) is 0. The number of rotatable bonds is 6. The number of ether oxygens (including phenoxy) is 1. The molecule has 4 aliphatic carbocycles. The van der Waals surface area contributed by atoms with E-state index in [4.69, 9.17) is 9.29 Å². The van der Waals surface area contributed by atoms with Crippen LogP contribution in [0.15, 0.2) is 0 Å². The number of hydrogen-bond donors (Lipinski definition) is 2. The summed E-state index contributed by atoms with van der Waals surface area (Å²) in [5.74, 6) is 2.01. The van der Waals surface area contributed by atoms with Crippen molar-refractivity contribution in [1.29, 1.82) is 0 Å². The molecule has 2 N–H and O–H groups in total. The maximum atomic E-state index is 12.9. The molecule has 6 nitrogen and oxygen atoms in total. The third-order valence-corrected chi connectivity index (χ3v) is 11.9. The molecule has 8 heteroatoms. The number of aliphatic hydroxyl groups is 1. The van der Waals surface area contributed by atoms with Crippen LogP contribution >= 0.6 is 10.8 Å². The van der Waals surface area contributed by atoms with Gasteiger partial charge in [0.25, 0.3) is 0 Å². The lowest BCUT2D eigenvalue weighted by Gasteiger charge is -2.62. The molecule has 4 saturated carbocycles. The number of Topliss-reactive ketones (excluding diaryl/α,β-unsaturated/α-hetero) is 1. The molecule has 0 radical (unpaired) electrons. The molecule has 31 heavy (non-hydrogen) atoms. The molecule has 4 rings (SSSR count). The van der Waals surface area contributed by atoms with Gasteiger partial charge < -0.3 is 9.84 Å². The highest BCUT2D eigenvalue weighted by Crippen LogP contribution is 2.68. The number of ketones is 1. The van der Waals surface area contributed by atoms with Gasteiger partial charge >= 0.3 is 9.15 Å². The van der Waals surface area contributed by atoms with Gasteiger partial charge in [-0.25, -0.2) is 0 Å². The molecular formula is C23H38O6S2. The average molecular weight is 475 g/mol. The molecule has 3 unspecified atom stereocenters. The molecule has 0 aromatic carbocycles. The molecule has 0 aliphatic heterocycles. The van der Waals surface area contributed by atoms with E-state index >= 15 is 0 Å². The number of methoxy groups -OCH3 is 1. The van der Waals surface area contributed by atoms with E-state index in [1.54, 1.807) is 7.11 Å². The molecule has 0 aromatic heterocycles. The van der Waals surface area contributed by atoms with Gasteiger partial charge in [0.2, 0.25) is 0 Å². The zero-order valence-corrected chi connectivity index (χ0v) is 20.6. The number of carbonyl (C=O) groups is 1. The fourth-order valence-electron chi connectivity index (χ4n) is 8.48. The van der Waals surface area contributed by atoms with Gasteiger partial charge in [-0.05, 0) is 92.3 Å². The predicted octanol–water partition coefficient (Wildman–Crippen LogP) is 4.13. The maximum Gasteiger partial charge on any atom is 0.320 e. The number of hydrogen-bond acceptors (Lipinski definition) is 6. The van der Waals surface area contributed by atoms with Crippen LogP contribution in [0.4, 0.5) is 0 Å². The Balaban J connectivity index is 1.49. The zero-order valence-electron chi connectivity index (χ0n) is 19.0. The van der Waals surface area contributed by atoms with Crippen LogP contribution in [0, 0.1) is 40.4 Å². The summed E-state index contributed by atoms with van der Waals surface area (Å²) in [6.07, 6.45) is 8.96. The average Bonchev–Trinajstić information content (AvgIpc) is 3.04. The maximum absolute atomic E-state index is 12.9. The second-order valence-corrected chi connectivity index (χ2v) is 14.7. The van der Waals surface area contributed by atoms with Crippen molar-refractivity contribution in [2.24, 2.45) is 40.4 Å². The molecule has 8 atom stereocenters. The first-order valence-electron chi connectivity index (χ1n) is 11.8. The fraction of sp³-hybridized carbons (Fsp3) is 0.957. The van der Waals surface area contributed by atoms with Crippen molar-refractivity contribution < 1.29 is 27.6 Å². The van der Waals surface area contributed by atoms with Crippen molar-refractivity contribution in [1.82, 2.24) is 0 Å². The van der Waals surface area contributed by atoms with Crippen LogP contribution in [-0.2, 0) is 18.7 Å². The molecule has 0 aromatic rings. The van der Waals surface area contributed by atoms with E-state index in [-0.39, 0.29) is 28.3 Å². The van der Waals surface area contributed by atoms with Gasteiger partial charge in [-0.3, -0.25) is 9.35 Å². The minimum atomic E-state index is -4.19. The first kappa shape index (κ1) is 24.0. The normalized spacial score (nSPS) is 47.3. The SMILES string of the molecule is COC[C@@]1(O)CC[C@]2(C)C3CC[C@@]4(C)C(CC[C@@H]4C(=O)CSS(=O)(=O)O)C3CC[C@H]2C1. The van der Waals surface area contributed by atoms with Gasteiger partial charge in [0.15, 0.2) is 0 Å². The minimum Gasteiger partial charge on any atom is -0.387 e. The van der Waals surface area contributed by atoms with Gasteiger partial charge in [0, 0.05) is 23.8 Å². The van der Waals surface area contributed by atoms with E-state index in [1.807, 2.05) is 0 Å². The van der Waals surface area contributed by atoms with Crippen molar-refractivity contribution in [2.45, 2.75) is 77.2 Å². The van der Waals surface area contributed by atoms with Gasteiger partial charge in [-0.15, -0.1) is 0 Å². The quantitative estimate of drug-likeness (QED) is 0.441. The Morgan fingerprint density at radius 3 is 2.42 bits per heavy atom. The van der Waals surface area contributed by atoms with Crippen LogP contribution in [0.2, 0.25) is 0 Å². The fourth-order valence-corrected chi connectivity index (χ4v) is 9.75. The van der Waals surface area contributed by atoms with Crippen molar-refractivity contribution >= 4 is 25.7 Å². The highest BCUT2D eigenvalue weighted by molar-refractivity contribution is 8.70. The van der Waals surface area contributed by atoms with Crippen molar-refractivity contribution in [3.8, 4) is 0 Å². The predicted molar refractivity (Wildman–Crippen MR) is 121 cm³/mol. The van der Waals surface area contributed by atoms with E-state index in [2.05, 4.69) is 13.8 Å². The largest absolute Gasteiger partial charge is 0.387 e. The highest BCUT2D eigenvalue weighted by atomic mass is 33.1. The van der Waals surface area contributed by atoms with Crippen molar-refractivity contribution in [2.75, 3.05) is 19.5 Å². The summed E-state index contributed by atoms with van der Waals surface area (Å²) < 4.78 is 36.5. The second-order valence-electron chi connectivity index (χ2n) is 11.3. The summed E-state index contributed by atoms with van der Waals surface area (Å²) in [5.41, 5.74) is -0.510. The molecule has 0 saturated heterocycles. The van der Waals surface area contributed by atoms with Crippen LogP contribution in [0.3, 0.4) is 0 Å². The van der Waals surface area contributed by atoms with Crippen LogP contribution in [0.1, 0.15) is 71.6 Å². The Bertz CT molecular complexity index is 815. The lowest BCUT2D eigenvalue weighted by Crippen LogP contribution is -2.56. The lowest BCUT2D eigenvalue weighted by molar-refractivity contribution is -0.163. The molecule has 0 amide bonds. The Morgan fingerprint density at radius 1 is 1.03 bits per heavy atom. The Labute approximate surface area is 190 Å². The number of fused-ring (bicyclic) bond motifs is 5. The van der Waals surface area contributed by atoms with E-state index < -0.39 is 14.8 Å². The highest BCUT2D eigenvalue weighted by Gasteiger charge is 2.62. The van der Waals surface area contributed by atoms with Crippen molar-refractivity contribution in [3.05, 3.63) is 0 Å². The van der Waals surface area contributed by atoms with Crippen LogP contribution in [-0.4, -0.2) is 48.9 Å². The minimum absolute atomic E-state index is 0.0201. The third-order valence-electron chi connectivity index (χ3n) is 9.97. The Morgan fingerprint density at radius 2 is 1.74 bits per heavy atom. The zero-order chi connectivity index (χ0) is 22.7. The van der Waals surface area contributed by atoms with Crippen LogP contribution < -0.4 is 0 Å². The molecule has 0 heterocycles. The summed E-state index contributed by atoms with van der Waals surface area (Å²) >= 11 is 0. The summed E-state index contributed by atoms with van der Waals surface area (Å²) in [7, 11) is -2.17. The monoisotopic (exact) mass is 474 g/mol. The molecule has 4 aliphatic rings. The van der Waals surface area contributed by atoms with E-state index in [1.165, 1.54) is 0 Å². The Kier molecular flexibility index (Phi) is 6.39. The standard InChI is InChI=1S/C23H38O6S2/c1-21-10-11-23(25,14-29-3)12-15(21)4-5-16-17-6-7-19(20(24)13-30-31(26,27)28)22(17,2)9-8-18(16)21/h15-19,25H,4-14H2,1-3H3,(H,26,27,28)/t15-,16?,17?,18?,19+,21-,22-,23+/m0/s1. The van der Waals surface area contributed by atoms with Gasteiger partial charge in [-0.2, -0.15) is 8.42 Å². The summed E-state index contributed by atoms with van der Waals surface area (Å²) in [4.78, 5) is 12.9. The van der Waals surface area contributed by atoms with Gasteiger partial charge in [0.1, 0.15) is 5.78 Å². The topological polar surface area (TPSA) is 101 Å². The second kappa shape index (κ2) is 8.26. The van der Waals surface area contributed by atoms with E-state index in [9.17, 15) is 18.3 Å². The Hall–Kier alpha value is -0.150. The smallest absolute Gasteiger partial charge is 0.320 e. The lowest BCUT2D eigenvalue weighted by atomic mass is 9.44. The van der Waals surface area contributed by atoms with Crippen molar-refractivity contribution in [3.63, 3.8) is 0 Å². The first-order valence-corrected chi connectivity index (χ1v) is 14.7. The third kappa shape index (κ3) is 4.25. The summed E-state index contributed by atoms with van der Waals surface area (Å²) in [6.45, 7) is 5.12. The van der Waals surface area contributed by atoms with Crippen LogP contribution in [0.5, 0.6) is 0 Å². The molecule has 178 valence electrons.